The molecule has 2 aromatic heterocycles. The van der Waals surface area contributed by atoms with E-state index >= 15 is 0 Å². The van der Waals surface area contributed by atoms with Crippen LogP contribution < -0.4 is 10.7 Å². The van der Waals surface area contributed by atoms with Gasteiger partial charge in [0, 0.05) is 39.4 Å². The molecule has 1 amide bonds. The van der Waals surface area contributed by atoms with Crippen LogP contribution in [-0.2, 0) is 11.3 Å². The first-order valence-corrected chi connectivity index (χ1v) is 13.5. The molecule has 0 aliphatic carbocycles. The molecule has 0 aliphatic heterocycles. The lowest BCUT2D eigenvalue weighted by atomic mass is 10.1. The van der Waals surface area contributed by atoms with Gasteiger partial charge in [-0.3, -0.25) is 9.36 Å². The molecule has 8 nitrogen and oxygen atoms in total. The summed E-state index contributed by atoms with van der Waals surface area (Å²) >= 11 is 1.31. The normalized spacial score (nSPS) is 11.4. The predicted molar refractivity (Wildman–Crippen MR) is 157 cm³/mol. The van der Waals surface area contributed by atoms with Gasteiger partial charge < -0.3 is 10.3 Å². The number of H-pyrrole nitrogens is 1. The summed E-state index contributed by atoms with van der Waals surface area (Å²) in [4.78, 5) is 15.8. The van der Waals surface area contributed by atoms with Crippen LogP contribution >= 0.6 is 11.8 Å². The van der Waals surface area contributed by atoms with Crippen molar-refractivity contribution in [1.82, 2.24) is 25.2 Å². The van der Waals surface area contributed by atoms with Gasteiger partial charge in [0.05, 0.1) is 18.5 Å². The van der Waals surface area contributed by atoms with Gasteiger partial charge in [-0.05, 0) is 29.7 Å². The number of carbonyl (C=O) groups is 1. The average Bonchev–Trinajstić information content (AvgIpc) is 3.59. The van der Waals surface area contributed by atoms with E-state index in [1.165, 1.54) is 17.1 Å². The zero-order chi connectivity index (χ0) is 26.4. The van der Waals surface area contributed by atoms with E-state index in [2.05, 4.69) is 55.3 Å². The number of nitrogens with zero attached hydrogens (tertiary/aromatic N) is 4. The highest BCUT2D eigenvalue weighted by Crippen LogP contribution is 2.26. The molecule has 2 heterocycles. The molecule has 0 unspecified atom stereocenters. The van der Waals surface area contributed by atoms with Crippen LogP contribution in [0.25, 0.3) is 27.4 Å². The Hall–Kier alpha value is -4.89. The van der Waals surface area contributed by atoms with Gasteiger partial charge in [0.2, 0.25) is 0 Å². The van der Waals surface area contributed by atoms with E-state index in [1.54, 1.807) is 6.21 Å². The summed E-state index contributed by atoms with van der Waals surface area (Å²) < 4.78 is 1.98. The van der Waals surface area contributed by atoms with Gasteiger partial charge in [-0.1, -0.05) is 84.6 Å². The molecule has 0 bridgehead atoms. The quantitative estimate of drug-likeness (QED) is 0.125. The summed E-state index contributed by atoms with van der Waals surface area (Å²) in [6.45, 7) is 0.470. The molecule has 0 saturated carbocycles. The first kappa shape index (κ1) is 24.4. The number of amides is 1. The fourth-order valence-electron chi connectivity index (χ4n) is 4.44. The molecular formula is C30H25N7OS. The van der Waals surface area contributed by atoms with Crippen LogP contribution in [-0.4, -0.2) is 37.6 Å². The van der Waals surface area contributed by atoms with E-state index in [1.807, 2.05) is 83.6 Å². The van der Waals surface area contributed by atoms with Crippen molar-refractivity contribution in [2.75, 3.05) is 11.1 Å². The van der Waals surface area contributed by atoms with E-state index in [0.29, 0.717) is 11.7 Å². The number of hydrogen-bond donors (Lipinski definition) is 3. The first-order valence-electron chi connectivity index (χ1n) is 12.5. The molecule has 192 valence electrons. The highest BCUT2D eigenvalue weighted by atomic mass is 32.2. The van der Waals surface area contributed by atoms with Gasteiger partial charge in [-0.25, -0.2) is 5.43 Å². The Kier molecular flexibility index (Phi) is 7.05. The van der Waals surface area contributed by atoms with Crippen LogP contribution in [0.5, 0.6) is 0 Å². The van der Waals surface area contributed by atoms with Gasteiger partial charge in [0.25, 0.3) is 5.91 Å². The zero-order valence-corrected chi connectivity index (χ0v) is 21.7. The summed E-state index contributed by atoms with van der Waals surface area (Å²) in [5.41, 5.74) is 6.49. The van der Waals surface area contributed by atoms with Crippen molar-refractivity contribution < 1.29 is 4.79 Å². The molecular weight excluding hydrogens is 506 g/mol. The summed E-state index contributed by atoms with van der Waals surface area (Å²) in [6.07, 6.45) is 3.51. The Balaban J connectivity index is 1.15. The number of aromatic amines is 1. The fraction of sp³-hybridized carbons (Fsp3) is 0.0667. The maximum Gasteiger partial charge on any atom is 0.250 e. The number of carbonyl (C=O) groups excluding carboxylic acids is 1. The number of fused-ring (bicyclic) bond motifs is 2. The minimum Gasteiger partial charge on any atom is -0.377 e. The van der Waals surface area contributed by atoms with Crippen LogP contribution in [0.3, 0.4) is 0 Å². The second kappa shape index (κ2) is 11.2. The molecule has 3 N–H and O–H groups in total. The maximum absolute atomic E-state index is 12.6. The molecule has 39 heavy (non-hydrogen) atoms. The molecule has 0 saturated heterocycles. The third-order valence-corrected chi connectivity index (χ3v) is 7.22. The topological polar surface area (TPSA) is 100.0 Å². The highest BCUT2D eigenvalue weighted by molar-refractivity contribution is 7.99. The van der Waals surface area contributed by atoms with E-state index in [4.69, 9.17) is 0 Å². The van der Waals surface area contributed by atoms with Crippen molar-refractivity contribution >= 4 is 51.2 Å². The molecule has 0 radical (unpaired) electrons. The Morgan fingerprint density at radius 2 is 1.67 bits per heavy atom. The Morgan fingerprint density at radius 1 is 0.897 bits per heavy atom. The van der Waals surface area contributed by atoms with Crippen molar-refractivity contribution in [2.45, 2.75) is 11.7 Å². The maximum atomic E-state index is 12.6. The molecule has 6 aromatic rings. The van der Waals surface area contributed by atoms with Gasteiger partial charge >= 0.3 is 0 Å². The second-order valence-electron chi connectivity index (χ2n) is 8.82. The van der Waals surface area contributed by atoms with Crippen LogP contribution in [0, 0.1) is 0 Å². The van der Waals surface area contributed by atoms with Gasteiger partial charge in [0.1, 0.15) is 0 Å². The third-order valence-electron chi connectivity index (χ3n) is 6.29. The SMILES string of the molecule is O=C(CSc1nnc(CNc2cccc3ccccc23)n1-c1ccccc1)N/N=C\c1c[nH]c2ccccc12. The van der Waals surface area contributed by atoms with E-state index in [-0.39, 0.29) is 11.7 Å². The summed E-state index contributed by atoms with van der Waals surface area (Å²) in [7, 11) is 0. The molecule has 0 aliphatic rings. The highest BCUT2D eigenvalue weighted by Gasteiger charge is 2.16. The minimum atomic E-state index is -0.228. The number of aromatic nitrogens is 4. The Labute approximate surface area is 229 Å². The van der Waals surface area contributed by atoms with Crippen molar-refractivity contribution in [1.29, 1.82) is 0 Å². The molecule has 0 atom stereocenters. The summed E-state index contributed by atoms with van der Waals surface area (Å²) in [6, 6.07) is 32.3. The molecule has 6 rings (SSSR count). The van der Waals surface area contributed by atoms with Crippen LogP contribution in [0.4, 0.5) is 5.69 Å². The van der Waals surface area contributed by atoms with Gasteiger partial charge in [-0.15, -0.1) is 10.2 Å². The summed E-state index contributed by atoms with van der Waals surface area (Å²) in [5.74, 6) is 0.663. The molecule has 9 heteroatoms. The van der Waals surface area contributed by atoms with Crippen molar-refractivity contribution in [3.8, 4) is 5.69 Å². The van der Waals surface area contributed by atoms with Crippen molar-refractivity contribution in [3.63, 3.8) is 0 Å². The number of hydrogen-bond acceptors (Lipinski definition) is 6. The number of nitrogens with one attached hydrogen (secondary N) is 3. The lowest BCUT2D eigenvalue weighted by molar-refractivity contribution is -0.118. The molecule has 4 aromatic carbocycles. The number of thioether (sulfide) groups is 1. The number of anilines is 1. The first-order chi connectivity index (χ1) is 19.3. The zero-order valence-electron chi connectivity index (χ0n) is 20.9. The number of hydrazone groups is 1. The van der Waals surface area contributed by atoms with Gasteiger partial charge in [0.15, 0.2) is 11.0 Å². The average molecular weight is 532 g/mol. The number of rotatable bonds is 9. The second-order valence-corrected chi connectivity index (χ2v) is 9.76. The lowest BCUT2D eigenvalue weighted by Crippen LogP contribution is -2.20. The van der Waals surface area contributed by atoms with Gasteiger partial charge in [-0.2, -0.15) is 5.10 Å². The Morgan fingerprint density at radius 3 is 2.56 bits per heavy atom. The van der Waals surface area contributed by atoms with Crippen LogP contribution in [0.15, 0.2) is 114 Å². The predicted octanol–water partition coefficient (Wildman–Crippen LogP) is 5.76. The largest absolute Gasteiger partial charge is 0.377 e. The van der Waals surface area contributed by atoms with Crippen LogP contribution in [0.2, 0.25) is 0 Å². The molecule has 0 spiro atoms. The standard InChI is InChI=1S/C30H25N7OS/c38-29(35-33-18-22-17-31-26-15-7-6-14-25(22)26)20-39-30-36-34-28(37(30)23-11-2-1-3-12-23)19-32-27-16-8-10-21-9-4-5-13-24(21)27/h1-18,31-32H,19-20H2,(H,35,38)/b33-18-. The van der Waals surface area contributed by atoms with E-state index < -0.39 is 0 Å². The fourth-order valence-corrected chi connectivity index (χ4v) is 5.20. The van der Waals surface area contributed by atoms with Crippen molar-refractivity contribution in [2.24, 2.45) is 5.10 Å². The Bertz CT molecular complexity index is 1770. The lowest BCUT2D eigenvalue weighted by Gasteiger charge is -2.12. The molecule has 0 fully saturated rings. The van der Waals surface area contributed by atoms with E-state index in [0.717, 1.165) is 39.1 Å². The smallest absolute Gasteiger partial charge is 0.250 e. The van der Waals surface area contributed by atoms with Crippen LogP contribution in [0.1, 0.15) is 11.4 Å². The summed E-state index contributed by atoms with van der Waals surface area (Å²) in [5, 5.41) is 20.5. The number of para-hydroxylation sites is 2. The van der Waals surface area contributed by atoms with E-state index in [9.17, 15) is 4.79 Å². The van der Waals surface area contributed by atoms with Crippen molar-refractivity contribution in [3.05, 3.63) is 115 Å². The monoisotopic (exact) mass is 531 g/mol. The number of benzene rings is 4. The minimum absolute atomic E-state index is 0.146. The third kappa shape index (κ3) is 5.39.